The summed E-state index contributed by atoms with van der Waals surface area (Å²) in [6.45, 7) is 2.03. The Labute approximate surface area is 165 Å². The first kappa shape index (κ1) is 17.5. The van der Waals surface area contributed by atoms with E-state index in [4.69, 9.17) is 23.2 Å². The highest BCUT2D eigenvalue weighted by Crippen LogP contribution is 2.30. The van der Waals surface area contributed by atoms with E-state index in [0.29, 0.717) is 26.9 Å². The van der Waals surface area contributed by atoms with Crippen LogP contribution in [-0.2, 0) is 0 Å². The molecular formula is C20H14Cl2N4O. The first-order chi connectivity index (χ1) is 13.0. The largest absolute Gasteiger partial charge is 0.319 e. The summed E-state index contributed by atoms with van der Waals surface area (Å²) < 4.78 is 1.65. The number of halogens is 2. The molecule has 2 aromatic heterocycles. The second kappa shape index (κ2) is 7.02. The zero-order valence-corrected chi connectivity index (χ0v) is 15.8. The molecule has 27 heavy (non-hydrogen) atoms. The maximum Gasteiger partial charge on any atom is 0.261 e. The van der Waals surface area contributed by atoms with Crippen molar-refractivity contribution in [2.24, 2.45) is 0 Å². The molecule has 1 amide bonds. The Bertz CT molecular complexity index is 1130. The van der Waals surface area contributed by atoms with Gasteiger partial charge in [-0.25, -0.2) is 9.50 Å². The second-order valence-corrected chi connectivity index (χ2v) is 6.85. The van der Waals surface area contributed by atoms with Crippen molar-refractivity contribution in [1.82, 2.24) is 14.6 Å². The van der Waals surface area contributed by atoms with Gasteiger partial charge in [-0.1, -0.05) is 59.1 Å². The number of fused-ring (bicyclic) bond motifs is 1. The van der Waals surface area contributed by atoms with Crippen molar-refractivity contribution in [3.05, 3.63) is 82.1 Å². The molecule has 4 rings (SSSR count). The number of aromatic nitrogens is 3. The molecule has 0 unspecified atom stereocenters. The van der Waals surface area contributed by atoms with Gasteiger partial charge < -0.3 is 5.32 Å². The Hall–Kier alpha value is -2.89. The van der Waals surface area contributed by atoms with E-state index in [1.807, 2.05) is 37.3 Å². The topological polar surface area (TPSA) is 59.3 Å². The number of hydrogen-bond acceptors (Lipinski definition) is 3. The van der Waals surface area contributed by atoms with Crippen molar-refractivity contribution in [2.75, 3.05) is 5.32 Å². The minimum atomic E-state index is -0.381. The number of para-hydroxylation sites is 1. The summed E-state index contributed by atoms with van der Waals surface area (Å²) in [5.41, 5.74) is 4.14. The van der Waals surface area contributed by atoms with E-state index in [0.717, 1.165) is 11.3 Å². The standard InChI is InChI=1S/C20H14Cl2N4O/c1-12-5-7-13(8-6-12)17-9-10-23-19-14(11-24-26(17)19)20(27)25-18-15(21)3-2-4-16(18)22/h2-11H,1H3,(H,25,27). The van der Waals surface area contributed by atoms with Gasteiger partial charge in [-0.05, 0) is 25.1 Å². The van der Waals surface area contributed by atoms with Crippen molar-refractivity contribution < 1.29 is 4.79 Å². The third kappa shape index (κ3) is 3.27. The molecule has 4 aromatic rings. The van der Waals surface area contributed by atoms with Gasteiger partial charge in [0.15, 0.2) is 5.65 Å². The molecular weight excluding hydrogens is 383 g/mol. The van der Waals surface area contributed by atoms with Crippen molar-refractivity contribution in [2.45, 2.75) is 6.92 Å². The molecule has 2 heterocycles. The van der Waals surface area contributed by atoms with E-state index in [-0.39, 0.29) is 5.91 Å². The van der Waals surface area contributed by atoms with Gasteiger partial charge in [0, 0.05) is 11.8 Å². The van der Waals surface area contributed by atoms with Crippen LogP contribution >= 0.6 is 23.2 Å². The molecule has 0 spiro atoms. The third-order valence-corrected chi connectivity index (χ3v) is 4.82. The fourth-order valence-corrected chi connectivity index (χ4v) is 3.28. The van der Waals surface area contributed by atoms with Crippen molar-refractivity contribution in [3.63, 3.8) is 0 Å². The number of benzene rings is 2. The van der Waals surface area contributed by atoms with Gasteiger partial charge in [-0.3, -0.25) is 4.79 Å². The van der Waals surface area contributed by atoms with Gasteiger partial charge >= 0.3 is 0 Å². The molecule has 0 fully saturated rings. The first-order valence-electron chi connectivity index (χ1n) is 8.20. The van der Waals surface area contributed by atoms with Gasteiger partial charge in [0.25, 0.3) is 5.91 Å². The SMILES string of the molecule is Cc1ccc(-c2ccnc3c(C(=O)Nc4c(Cl)cccc4Cl)cnn23)cc1. The Morgan fingerprint density at radius 1 is 1.04 bits per heavy atom. The van der Waals surface area contributed by atoms with E-state index in [1.54, 1.807) is 28.9 Å². The number of carbonyl (C=O) groups excluding carboxylic acids is 1. The molecule has 0 aliphatic rings. The monoisotopic (exact) mass is 396 g/mol. The molecule has 0 aliphatic carbocycles. The Kier molecular flexibility index (Phi) is 4.56. The van der Waals surface area contributed by atoms with Gasteiger partial charge in [-0.2, -0.15) is 5.10 Å². The fraction of sp³-hybridized carbons (Fsp3) is 0.0500. The smallest absolute Gasteiger partial charge is 0.261 e. The summed E-state index contributed by atoms with van der Waals surface area (Å²) in [6, 6.07) is 15.0. The maximum atomic E-state index is 12.8. The summed E-state index contributed by atoms with van der Waals surface area (Å²) in [4.78, 5) is 17.1. The Balaban J connectivity index is 1.74. The summed E-state index contributed by atoms with van der Waals surface area (Å²) in [6.07, 6.45) is 3.14. The van der Waals surface area contributed by atoms with Gasteiger partial charge in [0.05, 0.1) is 27.6 Å². The van der Waals surface area contributed by atoms with Gasteiger partial charge in [0.1, 0.15) is 5.56 Å². The minimum Gasteiger partial charge on any atom is -0.319 e. The van der Waals surface area contributed by atoms with Crippen LogP contribution in [0.15, 0.2) is 60.9 Å². The lowest BCUT2D eigenvalue weighted by Gasteiger charge is -2.08. The highest BCUT2D eigenvalue weighted by molar-refractivity contribution is 6.40. The minimum absolute atomic E-state index is 0.333. The lowest BCUT2D eigenvalue weighted by molar-refractivity contribution is 0.102. The number of nitrogens with one attached hydrogen (secondary N) is 1. The van der Waals surface area contributed by atoms with E-state index >= 15 is 0 Å². The van der Waals surface area contributed by atoms with Gasteiger partial charge in [-0.15, -0.1) is 0 Å². The molecule has 0 radical (unpaired) electrons. The Morgan fingerprint density at radius 2 is 1.74 bits per heavy atom. The second-order valence-electron chi connectivity index (χ2n) is 6.04. The van der Waals surface area contributed by atoms with E-state index < -0.39 is 0 Å². The predicted molar refractivity (Wildman–Crippen MR) is 108 cm³/mol. The van der Waals surface area contributed by atoms with Gasteiger partial charge in [0.2, 0.25) is 0 Å². The molecule has 0 aliphatic heterocycles. The van der Waals surface area contributed by atoms with Crippen LogP contribution in [0.1, 0.15) is 15.9 Å². The lowest BCUT2D eigenvalue weighted by atomic mass is 10.1. The molecule has 0 saturated heterocycles. The van der Waals surface area contributed by atoms with Crippen molar-refractivity contribution in [3.8, 4) is 11.3 Å². The fourth-order valence-electron chi connectivity index (χ4n) is 2.79. The van der Waals surface area contributed by atoms with Crippen LogP contribution in [0, 0.1) is 6.92 Å². The first-order valence-corrected chi connectivity index (χ1v) is 8.95. The Morgan fingerprint density at radius 3 is 2.44 bits per heavy atom. The number of anilines is 1. The van der Waals surface area contributed by atoms with Crippen LogP contribution in [-0.4, -0.2) is 20.5 Å². The highest BCUT2D eigenvalue weighted by Gasteiger charge is 2.18. The van der Waals surface area contributed by atoms with Crippen LogP contribution in [0.5, 0.6) is 0 Å². The molecule has 7 heteroatoms. The van der Waals surface area contributed by atoms with Crippen LogP contribution in [0.2, 0.25) is 10.0 Å². The average Bonchev–Trinajstić information content (AvgIpc) is 3.10. The number of aryl methyl sites for hydroxylation is 1. The van der Waals surface area contributed by atoms with Crippen LogP contribution in [0.4, 0.5) is 5.69 Å². The number of amides is 1. The van der Waals surface area contributed by atoms with Crippen LogP contribution in [0.3, 0.4) is 0 Å². The number of hydrogen-bond donors (Lipinski definition) is 1. The summed E-state index contributed by atoms with van der Waals surface area (Å²) in [7, 11) is 0. The van der Waals surface area contributed by atoms with E-state index in [2.05, 4.69) is 15.4 Å². The highest BCUT2D eigenvalue weighted by atomic mass is 35.5. The maximum absolute atomic E-state index is 12.8. The molecule has 1 N–H and O–H groups in total. The number of nitrogens with zero attached hydrogens (tertiary/aromatic N) is 3. The lowest BCUT2D eigenvalue weighted by Crippen LogP contribution is -2.13. The van der Waals surface area contributed by atoms with Crippen LogP contribution in [0.25, 0.3) is 16.9 Å². The molecule has 5 nitrogen and oxygen atoms in total. The average molecular weight is 397 g/mol. The molecule has 2 aromatic carbocycles. The third-order valence-electron chi connectivity index (χ3n) is 4.19. The molecule has 0 atom stereocenters. The zero-order chi connectivity index (χ0) is 19.0. The molecule has 0 saturated carbocycles. The van der Waals surface area contributed by atoms with Crippen molar-refractivity contribution in [1.29, 1.82) is 0 Å². The number of carbonyl (C=O) groups is 1. The zero-order valence-electron chi connectivity index (χ0n) is 14.3. The molecule has 134 valence electrons. The molecule has 0 bridgehead atoms. The summed E-state index contributed by atoms with van der Waals surface area (Å²) >= 11 is 12.3. The van der Waals surface area contributed by atoms with E-state index in [9.17, 15) is 4.79 Å². The quantitative estimate of drug-likeness (QED) is 0.513. The summed E-state index contributed by atoms with van der Waals surface area (Å²) in [5.74, 6) is -0.381. The predicted octanol–water partition coefficient (Wildman–Crippen LogP) is 5.26. The van der Waals surface area contributed by atoms with E-state index in [1.165, 1.54) is 11.8 Å². The van der Waals surface area contributed by atoms with Crippen LogP contribution < -0.4 is 5.32 Å². The normalized spacial score (nSPS) is 10.9. The number of rotatable bonds is 3. The van der Waals surface area contributed by atoms with Crippen molar-refractivity contribution >= 4 is 40.4 Å². The summed E-state index contributed by atoms with van der Waals surface area (Å²) in [5, 5.41) is 7.82.